The highest BCUT2D eigenvalue weighted by molar-refractivity contribution is 8.00. The lowest BCUT2D eigenvalue weighted by molar-refractivity contribution is -0.954. The number of aromatic nitrogens is 1. The van der Waals surface area contributed by atoms with Gasteiger partial charge in [-0.15, -0.1) is 11.8 Å². The quantitative estimate of drug-likeness (QED) is 0.341. The molecule has 3 fully saturated rings. The SMILES string of the molecule is OC(c1ccccc1)(c1ccccc1)c1cc(C[N+]23CCC(CC2)[C@@H](Sc2cccc(F)c2)C3)on1.[Br-]. The average molecular weight is 582 g/mol. The van der Waals surface area contributed by atoms with Crippen molar-refractivity contribution in [3.05, 3.63) is 119 Å². The van der Waals surface area contributed by atoms with Gasteiger partial charge in [-0.1, -0.05) is 71.9 Å². The number of piperidine rings is 3. The van der Waals surface area contributed by atoms with E-state index in [1.165, 1.54) is 18.9 Å². The lowest BCUT2D eigenvalue weighted by Gasteiger charge is -2.52. The van der Waals surface area contributed by atoms with E-state index in [0.717, 1.165) is 52.4 Å². The molecule has 0 saturated carbocycles. The van der Waals surface area contributed by atoms with E-state index in [2.05, 4.69) is 5.16 Å². The van der Waals surface area contributed by atoms with E-state index < -0.39 is 5.60 Å². The number of rotatable bonds is 7. The summed E-state index contributed by atoms with van der Waals surface area (Å²) in [6.45, 7) is 4.01. The van der Waals surface area contributed by atoms with Gasteiger partial charge in [0, 0.05) is 23.8 Å². The molecule has 3 aliphatic rings. The van der Waals surface area contributed by atoms with Gasteiger partial charge in [-0.2, -0.15) is 0 Å². The third kappa shape index (κ3) is 5.15. The monoisotopic (exact) mass is 580 g/mol. The Morgan fingerprint density at radius 2 is 1.57 bits per heavy atom. The maximum Gasteiger partial charge on any atom is 0.191 e. The number of halogens is 2. The molecule has 1 N–H and O–H groups in total. The summed E-state index contributed by atoms with van der Waals surface area (Å²) in [6.07, 6.45) is 2.35. The first-order chi connectivity index (χ1) is 17.5. The molecule has 0 radical (unpaired) electrons. The molecule has 7 heteroatoms. The Bertz CT molecular complexity index is 1290. The number of nitrogens with zero attached hydrogens (tertiary/aromatic N) is 2. The Morgan fingerprint density at radius 1 is 0.919 bits per heavy atom. The van der Waals surface area contributed by atoms with Crippen LogP contribution in [0.2, 0.25) is 0 Å². The van der Waals surface area contributed by atoms with Gasteiger partial charge in [0.1, 0.15) is 18.1 Å². The Kier molecular flexibility index (Phi) is 7.59. The molecule has 3 saturated heterocycles. The van der Waals surface area contributed by atoms with Crippen LogP contribution in [0.25, 0.3) is 0 Å². The van der Waals surface area contributed by atoms with E-state index in [9.17, 15) is 9.50 Å². The van der Waals surface area contributed by atoms with Gasteiger partial charge in [0.05, 0.1) is 24.9 Å². The number of thioether (sulfide) groups is 1. The van der Waals surface area contributed by atoms with Gasteiger partial charge < -0.3 is 31.1 Å². The number of fused-ring (bicyclic) bond motifs is 3. The van der Waals surface area contributed by atoms with Crippen LogP contribution in [0.3, 0.4) is 0 Å². The zero-order valence-electron chi connectivity index (χ0n) is 20.5. The second kappa shape index (κ2) is 10.7. The highest BCUT2D eigenvalue weighted by Crippen LogP contribution is 2.44. The lowest BCUT2D eigenvalue weighted by atomic mass is 9.83. The largest absolute Gasteiger partial charge is 1.00 e. The van der Waals surface area contributed by atoms with Crippen molar-refractivity contribution in [2.45, 2.75) is 35.1 Å². The summed E-state index contributed by atoms with van der Waals surface area (Å²) in [5.74, 6) is 1.29. The molecule has 3 aromatic carbocycles. The van der Waals surface area contributed by atoms with Gasteiger partial charge in [-0.25, -0.2) is 4.39 Å². The van der Waals surface area contributed by atoms with Crippen molar-refractivity contribution in [2.75, 3.05) is 19.6 Å². The van der Waals surface area contributed by atoms with E-state index in [-0.39, 0.29) is 22.8 Å². The molecule has 1 aromatic heterocycles. The molecule has 192 valence electrons. The zero-order valence-corrected chi connectivity index (χ0v) is 22.9. The predicted octanol–water partition coefficient (Wildman–Crippen LogP) is 3.00. The molecule has 0 aliphatic carbocycles. The molecule has 4 aromatic rings. The topological polar surface area (TPSA) is 46.3 Å². The highest BCUT2D eigenvalue weighted by Gasteiger charge is 2.47. The molecule has 7 rings (SSSR count). The summed E-state index contributed by atoms with van der Waals surface area (Å²) in [4.78, 5) is 1.00. The van der Waals surface area contributed by atoms with Crippen molar-refractivity contribution in [3.63, 3.8) is 0 Å². The molecule has 37 heavy (non-hydrogen) atoms. The normalized spacial score (nSPS) is 23.0. The molecule has 4 nitrogen and oxygen atoms in total. The molecule has 3 aliphatic heterocycles. The van der Waals surface area contributed by atoms with Crippen LogP contribution in [0.4, 0.5) is 4.39 Å². The van der Waals surface area contributed by atoms with Crippen LogP contribution < -0.4 is 17.0 Å². The summed E-state index contributed by atoms with van der Waals surface area (Å²) in [5.41, 5.74) is 0.627. The van der Waals surface area contributed by atoms with Crippen LogP contribution in [0, 0.1) is 11.7 Å². The first-order valence-electron chi connectivity index (χ1n) is 12.6. The second-order valence-electron chi connectivity index (χ2n) is 10.2. The number of aliphatic hydroxyl groups is 1. The van der Waals surface area contributed by atoms with Crippen LogP contribution in [-0.4, -0.2) is 39.6 Å². The molecular formula is C30H30BrFN2O2S. The summed E-state index contributed by atoms with van der Waals surface area (Å²) in [5, 5.41) is 16.9. The Labute approximate surface area is 231 Å². The molecule has 0 unspecified atom stereocenters. The molecule has 0 spiro atoms. The minimum absolute atomic E-state index is 0. The summed E-state index contributed by atoms with van der Waals surface area (Å²) in [7, 11) is 0. The van der Waals surface area contributed by atoms with Crippen LogP contribution >= 0.6 is 11.8 Å². The van der Waals surface area contributed by atoms with Gasteiger partial charge in [-0.3, -0.25) is 0 Å². The summed E-state index contributed by atoms with van der Waals surface area (Å²) >= 11 is 1.81. The van der Waals surface area contributed by atoms with Crippen LogP contribution in [0.5, 0.6) is 0 Å². The van der Waals surface area contributed by atoms with Crippen molar-refractivity contribution in [2.24, 2.45) is 5.92 Å². The minimum Gasteiger partial charge on any atom is -1.00 e. The first-order valence-corrected chi connectivity index (χ1v) is 13.5. The van der Waals surface area contributed by atoms with Crippen LogP contribution in [-0.2, 0) is 12.1 Å². The smallest absolute Gasteiger partial charge is 0.191 e. The lowest BCUT2D eigenvalue weighted by Crippen LogP contribution is -3.00. The number of quaternary nitrogens is 1. The molecular weight excluding hydrogens is 551 g/mol. The van der Waals surface area contributed by atoms with Crippen molar-refractivity contribution >= 4 is 11.8 Å². The van der Waals surface area contributed by atoms with Gasteiger partial charge >= 0.3 is 0 Å². The van der Waals surface area contributed by atoms with Crippen LogP contribution in [0.1, 0.15) is 35.4 Å². The zero-order chi connectivity index (χ0) is 24.6. The maximum atomic E-state index is 13.8. The van der Waals surface area contributed by atoms with Crippen LogP contribution in [0.15, 0.2) is 100 Å². The van der Waals surface area contributed by atoms with Gasteiger partial charge in [-0.05, 0) is 35.2 Å². The Hall–Kier alpha value is -2.45. The highest BCUT2D eigenvalue weighted by atomic mass is 79.9. The first kappa shape index (κ1) is 26.2. The van der Waals surface area contributed by atoms with E-state index in [1.807, 2.05) is 84.6 Å². The van der Waals surface area contributed by atoms with E-state index in [0.29, 0.717) is 16.9 Å². The number of hydrogen-bond donors (Lipinski definition) is 1. The molecule has 2 bridgehead atoms. The van der Waals surface area contributed by atoms with Gasteiger partial charge in [0.2, 0.25) is 0 Å². The number of hydrogen-bond acceptors (Lipinski definition) is 4. The average Bonchev–Trinajstić information content (AvgIpc) is 3.38. The van der Waals surface area contributed by atoms with Gasteiger partial charge in [0.25, 0.3) is 0 Å². The van der Waals surface area contributed by atoms with E-state index >= 15 is 0 Å². The van der Waals surface area contributed by atoms with Crippen molar-refractivity contribution in [1.29, 1.82) is 0 Å². The fraction of sp³-hybridized carbons (Fsp3) is 0.300. The predicted molar refractivity (Wildman–Crippen MR) is 139 cm³/mol. The van der Waals surface area contributed by atoms with Crippen molar-refractivity contribution in [3.8, 4) is 0 Å². The minimum atomic E-state index is -1.39. The fourth-order valence-electron chi connectivity index (χ4n) is 6.00. The fourth-order valence-corrected chi connectivity index (χ4v) is 7.54. The molecule has 4 heterocycles. The molecule has 1 atom stereocenters. The van der Waals surface area contributed by atoms with Gasteiger partial charge in [0.15, 0.2) is 11.4 Å². The second-order valence-corrected chi connectivity index (χ2v) is 11.5. The third-order valence-corrected chi connectivity index (χ3v) is 9.29. The van der Waals surface area contributed by atoms with Crippen molar-refractivity contribution < 1.29 is 35.5 Å². The Balaban J connectivity index is 0.00000280. The standard InChI is InChI=1S/C30H30FN2O2S.BrH/c31-25-12-7-13-27(18-25)36-28-21-33(16-14-22(28)15-17-33)20-26-19-29(32-35-26)30(34,23-8-3-1-4-9-23)24-10-5-2-6-11-24;/h1-13,18-19,22,28,34H,14-17,20-21H2;1H/q+1;/p-1/t22?,28-,33?;/m0./s1. The summed E-state index contributed by atoms with van der Waals surface area (Å²) in [6, 6.07) is 28.2. The summed E-state index contributed by atoms with van der Waals surface area (Å²) < 4.78 is 20.6. The molecule has 0 amide bonds. The van der Waals surface area contributed by atoms with E-state index in [4.69, 9.17) is 4.52 Å². The Morgan fingerprint density at radius 3 is 2.19 bits per heavy atom. The van der Waals surface area contributed by atoms with Crippen molar-refractivity contribution in [1.82, 2.24) is 5.16 Å². The third-order valence-electron chi connectivity index (χ3n) is 7.93. The maximum absolute atomic E-state index is 13.8. The van der Waals surface area contributed by atoms with E-state index in [1.54, 1.807) is 12.1 Å². The number of benzene rings is 3.